The lowest BCUT2D eigenvalue weighted by molar-refractivity contribution is 0.316. The van der Waals surface area contributed by atoms with Crippen LogP contribution in [-0.4, -0.2) is 31.3 Å². The number of fused-ring (bicyclic) bond motifs is 1. The summed E-state index contributed by atoms with van der Waals surface area (Å²) in [6.07, 6.45) is 0.722. The lowest BCUT2D eigenvalue weighted by Gasteiger charge is -2.26. The molecule has 0 spiro atoms. The SMILES string of the molecule is CC(C)(C)C(N)Cc1ccc2nnnn2n1. The molecule has 0 aliphatic carbocycles. The molecule has 2 aromatic rings. The number of aromatic nitrogens is 5. The van der Waals surface area contributed by atoms with Gasteiger partial charge < -0.3 is 5.73 Å². The molecule has 16 heavy (non-hydrogen) atoms. The minimum atomic E-state index is 0.0638. The number of tetrazole rings is 1. The molecule has 0 aliphatic heterocycles. The van der Waals surface area contributed by atoms with Gasteiger partial charge in [0.25, 0.3) is 0 Å². The molecule has 6 heteroatoms. The molecule has 2 N–H and O–H groups in total. The Balaban J connectivity index is 2.21. The van der Waals surface area contributed by atoms with E-state index in [0.717, 1.165) is 12.1 Å². The second-order valence-corrected chi connectivity index (χ2v) is 5.03. The van der Waals surface area contributed by atoms with Crippen molar-refractivity contribution in [1.82, 2.24) is 25.3 Å². The minimum Gasteiger partial charge on any atom is -0.327 e. The second-order valence-electron chi connectivity index (χ2n) is 5.03. The van der Waals surface area contributed by atoms with E-state index in [9.17, 15) is 0 Å². The van der Waals surface area contributed by atoms with Crippen LogP contribution in [-0.2, 0) is 6.42 Å². The zero-order chi connectivity index (χ0) is 11.8. The largest absolute Gasteiger partial charge is 0.327 e. The van der Waals surface area contributed by atoms with Crippen LogP contribution >= 0.6 is 0 Å². The second kappa shape index (κ2) is 3.79. The molecule has 0 bridgehead atoms. The van der Waals surface area contributed by atoms with Crippen molar-refractivity contribution in [3.8, 4) is 0 Å². The van der Waals surface area contributed by atoms with Crippen molar-refractivity contribution >= 4 is 5.65 Å². The van der Waals surface area contributed by atoms with Crippen LogP contribution < -0.4 is 5.73 Å². The molecular weight excluding hydrogens is 204 g/mol. The van der Waals surface area contributed by atoms with Gasteiger partial charge in [-0.1, -0.05) is 20.8 Å². The van der Waals surface area contributed by atoms with Gasteiger partial charge in [-0.15, -0.1) is 9.73 Å². The van der Waals surface area contributed by atoms with Crippen molar-refractivity contribution in [3.63, 3.8) is 0 Å². The predicted octanol–water partition coefficient (Wildman–Crippen LogP) is 0.435. The maximum atomic E-state index is 6.10. The van der Waals surface area contributed by atoms with Gasteiger partial charge in [-0.25, -0.2) is 0 Å². The monoisotopic (exact) mass is 220 g/mol. The first-order valence-electron chi connectivity index (χ1n) is 5.27. The molecule has 0 fully saturated rings. The normalized spacial score (nSPS) is 14.2. The summed E-state index contributed by atoms with van der Waals surface area (Å²) < 4.78 is 1.42. The summed E-state index contributed by atoms with van der Waals surface area (Å²) in [5, 5.41) is 15.4. The minimum absolute atomic E-state index is 0.0638. The Morgan fingerprint density at radius 3 is 2.81 bits per heavy atom. The molecule has 86 valence electrons. The van der Waals surface area contributed by atoms with Crippen molar-refractivity contribution in [2.45, 2.75) is 33.2 Å². The quantitative estimate of drug-likeness (QED) is 0.793. The number of hydrogen-bond donors (Lipinski definition) is 1. The van der Waals surface area contributed by atoms with E-state index in [1.165, 1.54) is 4.63 Å². The van der Waals surface area contributed by atoms with E-state index < -0.39 is 0 Å². The first kappa shape index (κ1) is 10.9. The molecule has 1 unspecified atom stereocenters. The van der Waals surface area contributed by atoms with Crippen LogP contribution in [0.3, 0.4) is 0 Å². The summed E-state index contributed by atoms with van der Waals surface area (Å²) in [6.45, 7) is 6.35. The van der Waals surface area contributed by atoms with Crippen LogP contribution in [0.25, 0.3) is 5.65 Å². The summed E-state index contributed by atoms with van der Waals surface area (Å²) in [5.74, 6) is 0. The van der Waals surface area contributed by atoms with Crippen LogP contribution in [0.2, 0.25) is 0 Å². The van der Waals surface area contributed by atoms with E-state index in [2.05, 4.69) is 41.4 Å². The van der Waals surface area contributed by atoms with Gasteiger partial charge in [0.2, 0.25) is 0 Å². The molecule has 2 rings (SSSR count). The average Bonchev–Trinajstić information content (AvgIpc) is 2.63. The Kier molecular flexibility index (Phi) is 2.59. The molecule has 0 aliphatic rings. The predicted molar refractivity (Wildman–Crippen MR) is 59.7 cm³/mol. The Bertz CT molecular complexity index is 483. The highest BCUT2D eigenvalue weighted by molar-refractivity contribution is 5.33. The van der Waals surface area contributed by atoms with Gasteiger partial charge in [0.1, 0.15) is 0 Å². The van der Waals surface area contributed by atoms with Crippen LogP contribution in [0, 0.1) is 5.41 Å². The average molecular weight is 220 g/mol. The molecular formula is C10H16N6. The van der Waals surface area contributed by atoms with Crippen LogP contribution in [0.5, 0.6) is 0 Å². The molecule has 0 amide bonds. The fraction of sp³-hybridized carbons (Fsp3) is 0.600. The Hall–Kier alpha value is -1.56. The van der Waals surface area contributed by atoms with Crippen LogP contribution in [0.15, 0.2) is 12.1 Å². The van der Waals surface area contributed by atoms with Gasteiger partial charge in [0.05, 0.1) is 5.69 Å². The highest BCUT2D eigenvalue weighted by atomic mass is 15.6. The van der Waals surface area contributed by atoms with Gasteiger partial charge in [0, 0.05) is 12.5 Å². The van der Waals surface area contributed by atoms with Crippen LogP contribution in [0.4, 0.5) is 0 Å². The van der Waals surface area contributed by atoms with Crippen molar-refractivity contribution in [3.05, 3.63) is 17.8 Å². The zero-order valence-corrected chi connectivity index (χ0v) is 9.75. The lowest BCUT2D eigenvalue weighted by Crippen LogP contribution is -2.37. The summed E-state index contributed by atoms with van der Waals surface area (Å²) in [6, 6.07) is 3.82. The molecule has 0 aromatic carbocycles. The Labute approximate surface area is 93.8 Å². The maximum Gasteiger partial charge on any atom is 0.199 e. The molecule has 0 saturated carbocycles. The van der Waals surface area contributed by atoms with E-state index in [4.69, 9.17) is 5.73 Å². The van der Waals surface area contributed by atoms with E-state index >= 15 is 0 Å². The van der Waals surface area contributed by atoms with Gasteiger partial charge in [-0.3, -0.25) is 0 Å². The van der Waals surface area contributed by atoms with E-state index in [0.29, 0.717) is 5.65 Å². The highest BCUT2D eigenvalue weighted by Gasteiger charge is 2.21. The fourth-order valence-corrected chi connectivity index (χ4v) is 1.33. The first-order chi connectivity index (χ1) is 7.47. The lowest BCUT2D eigenvalue weighted by atomic mass is 9.85. The zero-order valence-electron chi connectivity index (χ0n) is 9.75. The Morgan fingerprint density at radius 2 is 2.12 bits per heavy atom. The first-order valence-corrected chi connectivity index (χ1v) is 5.27. The van der Waals surface area contributed by atoms with Gasteiger partial charge >= 0.3 is 0 Å². The number of hydrogen-bond acceptors (Lipinski definition) is 5. The van der Waals surface area contributed by atoms with E-state index in [-0.39, 0.29) is 11.5 Å². The van der Waals surface area contributed by atoms with E-state index in [1.807, 2.05) is 12.1 Å². The van der Waals surface area contributed by atoms with Crippen molar-refractivity contribution < 1.29 is 0 Å². The topological polar surface area (TPSA) is 82.0 Å². The third-order valence-corrected chi connectivity index (χ3v) is 2.67. The number of rotatable bonds is 2. The fourth-order valence-electron chi connectivity index (χ4n) is 1.33. The maximum absolute atomic E-state index is 6.10. The summed E-state index contributed by atoms with van der Waals surface area (Å²) in [7, 11) is 0. The summed E-state index contributed by atoms with van der Waals surface area (Å²) in [5.41, 5.74) is 7.72. The smallest absolute Gasteiger partial charge is 0.199 e. The molecule has 2 heterocycles. The van der Waals surface area contributed by atoms with Gasteiger partial charge in [-0.2, -0.15) is 5.10 Å². The van der Waals surface area contributed by atoms with E-state index in [1.54, 1.807) is 0 Å². The summed E-state index contributed by atoms with van der Waals surface area (Å²) in [4.78, 5) is 0. The third kappa shape index (κ3) is 2.16. The molecule has 2 aromatic heterocycles. The molecule has 0 radical (unpaired) electrons. The van der Waals surface area contributed by atoms with Crippen molar-refractivity contribution in [2.75, 3.05) is 0 Å². The third-order valence-electron chi connectivity index (χ3n) is 2.67. The van der Waals surface area contributed by atoms with Crippen molar-refractivity contribution in [2.24, 2.45) is 11.1 Å². The number of nitrogens with two attached hydrogens (primary N) is 1. The number of nitrogens with zero attached hydrogens (tertiary/aromatic N) is 5. The van der Waals surface area contributed by atoms with Gasteiger partial charge in [-0.05, 0) is 28.0 Å². The van der Waals surface area contributed by atoms with Gasteiger partial charge in [0.15, 0.2) is 5.65 Å². The molecule has 6 nitrogen and oxygen atoms in total. The molecule has 0 saturated heterocycles. The summed E-state index contributed by atoms with van der Waals surface area (Å²) >= 11 is 0. The molecule has 1 atom stereocenters. The Morgan fingerprint density at radius 1 is 1.38 bits per heavy atom. The van der Waals surface area contributed by atoms with Crippen LogP contribution in [0.1, 0.15) is 26.5 Å². The standard InChI is InChI=1S/C10H16N6/c1-10(2,3)8(11)6-7-4-5-9-12-14-15-16(9)13-7/h4-5,8H,6,11H2,1-3H3. The highest BCUT2D eigenvalue weighted by Crippen LogP contribution is 2.19. The van der Waals surface area contributed by atoms with Crippen molar-refractivity contribution in [1.29, 1.82) is 0 Å².